The van der Waals surface area contributed by atoms with Gasteiger partial charge < -0.3 is 20.5 Å². The van der Waals surface area contributed by atoms with Gasteiger partial charge in [-0.05, 0) is 37.4 Å². The maximum atomic E-state index is 5.58. The average molecular weight is 220 g/mol. The number of aryl methyl sites for hydroxylation is 1. The molecule has 4 heteroatoms. The molecule has 1 atom stereocenters. The van der Waals surface area contributed by atoms with Crippen LogP contribution in [0.3, 0.4) is 0 Å². The number of anilines is 1. The molecule has 0 fully saturated rings. The summed E-state index contributed by atoms with van der Waals surface area (Å²) in [6.07, 6.45) is 3.25. The molecule has 16 heavy (non-hydrogen) atoms. The van der Waals surface area contributed by atoms with Gasteiger partial charge in [0, 0.05) is 17.8 Å². The summed E-state index contributed by atoms with van der Waals surface area (Å²) < 4.78 is 10.7. The monoisotopic (exact) mass is 220 g/mol. The van der Waals surface area contributed by atoms with Crippen molar-refractivity contribution in [2.45, 2.75) is 25.3 Å². The summed E-state index contributed by atoms with van der Waals surface area (Å²) >= 11 is 0. The smallest absolute Gasteiger partial charge is 0.231 e. The number of hydrogen-bond donors (Lipinski definition) is 2. The largest absolute Gasteiger partial charge is 0.454 e. The molecule has 0 bridgehead atoms. The fraction of sp³-hybridized carbons (Fsp3) is 0.500. The molecule has 86 valence electrons. The fourth-order valence-electron chi connectivity index (χ4n) is 2.36. The molecule has 2 heterocycles. The molecule has 2 aliphatic heterocycles. The Balaban J connectivity index is 1.87. The van der Waals surface area contributed by atoms with E-state index in [4.69, 9.17) is 15.2 Å². The number of fused-ring (bicyclic) bond motifs is 2. The molecule has 1 unspecified atom stereocenters. The summed E-state index contributed by atoms with van der Waals surface area (Å²) in [5.41, 5.74) is 8.08. The highest BCUT2D eigenvalue weighted by molar-refractivity contribution is 5.62. The maximum Gasteiger partial charge on any atom is 0.231 e. The number of ether oxygens (including phenoxy) is 2. The van der Waals surface area contributed by atoms with Crippen molar-refractivity contribution in [2.75, 3.05) is 18.7 Å². The molecule has 0 radical (unpaired) electrons. The first kappa shape index (κ1) is 9.78. The minimum atomic E-state index is 0.338. The van der Waals surface area contributed by atoms with Gasteiger partial charge in [0.25, 0.3) is 0 Å². The topological polar surface area (TPSA) is 56.5 Å². The fourth-order valence-corrected chi connectivity index (χ4v) is 2.36. The van der Waals surface area contributed by atoms with Crippen molar-refractivity contribution in [1.29, 1.82) is 0 Å². The Morgan fingerprint density at radius 2 is 2.12 bits per heavy atom. The molecule has 1 aromatic rings. The SMILES string of the molecule is NCCC1CCc2cc3c(cc2N1)OCO3. The van der Waals surface area contributed by atoms with Gasteiger partial charge in [-0.25, -0.2) is 0 Å². The molecule has 3 rings (SSSR count). The van der Waals surface area contributed by atoms with Crippen molar-refractivity contribution in [3.8, 4) is 11.5 Å². The van der Waals surface area contributed by atoms with E-state index in [2.05, 4.69) is 11.4 Å². The Morgan fingerprint density at radius 1 is 1.31 bits per heavy atom. The van der Waals surface area contributed by atoms with Gasteiger partial charge in [0.05, 0.1) is 0 Å². The van der Waals surface area contributed by atoms with Crippen LogP contribution in [0.2, 0.25) is 0 Å². The Labute approximate surface area is 94.7 Å². The molecule has 1 aromatic carbocycles. The summed E-state index contributed by atoms with van der Waals surface area (Å²) in [4.78, 5) is 0. The van der Waals surface area contributed by atoms with E-state index < -0.39 is 0 Å². The van der Waals surface area contributed by atoms with E-state index in [0.717, 1.165) is 37.3 Å². The van der Waals surface area contributed by atoms with Crippen LogP contribution >= 0.6 is 0 Å². The second-order valence-corrected chi connectivity index (χ2v) is 4.32. The number of nitrogens with one attached hydrogen (secondary N) is 1. The highest BCUT2D eigenvalue weighted by Crippen LogP contribution is 2.39. The van der Waals surface area contributed by atoms with Crippen LogP contribution in [-0.2, 0) is 6.42 Å². The number of benzene rings is 1. The third-order valence-electron chi connectivity index (χ3n) is 3.24. The Hall–Kier alpha value is -1.42. The van der Waals surface area contributed by atoms with Crippen LogP contribution in [0.5, 0.6) is 11.5 Å². The predicted octanol–water partition coefficient (Wildman–Crippen LogP) is 1.49. The molecule has 0 aromatic heterocycles. The first-order valence-electron chi connectivity index (χ1n) is 5.76. The molecule has 0 saturated heterocycles. The third kappa shape index (κ3) is 1.59. The van der Waals surface area contributed by atoms with Gasteiger partial charge in [-0.3, -0.25) is 0 Å². The van der Waals surface area contributed by atoms with Gasteiger partial charge in [0.1, 0.15) is 0 Å². The summed E-state index contributed by atoms with van der Waals surface area (Å²) in [5, 5.41) is 3.51. The Kier molecular flexibility index (Phi) is 2.36. The van der Waals surface area contributed by atoms with Crippen LogP contribution < -0.4 is 20.5 Å². The zero-order valence-electron chi connectivity index (χ0n) is 9.16. The third-order valence-corrected chi connectivity index (χ3v) is 3.24. The zero-order valence-corrected chi connectivity index (χ0v) is 9.16. The van der Waals surface area contributed by atoms with Gasteiger partial charge >= 0.3 is 0 Å². The van der Waals surface area contributed by atoms with Crippen molar-refractivity contribution in [1.82, 2.24) is 0 Å². The lowest BCUT2D eigenvalue weighted by atomic mass is 9.96. The maximum absolute atomic E-state index is 5.58. The second kappa shape index (κ2) is 3.87. The van der Waals surface area contributed by atoms with E-state index in [9.17, 15) is 0 Å². The summed E-state index contributed by atoms with van der Waals surface area (Å²) in [6, 6.07) is 4.63. The number of hydrogen-bond acceptors (Lipinski definition) is 4. The van der Waals surface area contributed by atoms with E-state index in [-0.39, 0.29) is 0 Å². The van der Waals surface area contributed by atoms with Crippen molar-refractivity contribution >= 4 is 5.69 Å². The molecule has 0 saturated carbocycles. The molecular weight excluding hydrogens is 204 g/mol. The van der Waals surface area contributed by atoms with E-state index in [1.54, 1.807) is 0 Å². The highest BCUT2D eigenvalue weighted by atomic mass is 16.7. The molecule has 0 aliphatic carbocycles. The molecule has 0 amide bonds. The minimum Gasteiger partial charge on any atom is -0.454 e. The van der Waals surface area contributed by atoms with E-state index in [0.29, 0.717) is 12.8 Å². The lowest BCUT2D eigenvalue weighted by molar-refractivity contribution is 0.174. The van der Waals surface area contributed by atoms with Crippen molar-refractivity contribution in [2.24, 2.45) is 5.73 Å². The molecule has 4 nitrogen and oxygen atoms in total. The van der Waals surface area contributed by atoms with Crippen LogP contribution in [0.25, 0.3) is 0 Å². The van der Waals surface area contributed by atoms with Crippen LogP contribution in [-0.4, -0.2) is 19.4 Å². The van der Waals surface area contributed by atoms with E-state index in [1.165, 1.54) is 11.3 Å². The minimum absolute atomic E-state index is 0.338. The summed E-state index contributed by atoms with van der Waals surface area (Å²) in [6.45, 7) is 1.07. The lowest BCUT2D eigenvalue weighted by Gasteiger charge is -2.26. The summed E-state index contributed by atoms with van der Waals surface area (Å²) in [7, 11) is 0. The molecule has 2 aliphatic rings. The Morgan fingerprint density at radius 3 is 2.94 bits per heavy atom. The molecule has 0 spiro atoms. The van der Waals surface area contributed by atoms with Crippen LogP contribution in [0.4, 0.5) is 5.69 Å². The summed E-state index contributed by atoms with van der Waals surface area (Å²) in [5.74, 6) is 1.72. The quantitative estimate of drug-likeness (QED) is 0.793. The van der Waals surface area contributed by atoms with Crippen LogP contribution in [0.15, 0.2) is 12.1 Å². The van der Waals surface area contributed by atoms with Gasteiger partial charge in [-0.1, -0.05) is 0 Å². The first-order chi connectivity index (χ1) is 7.86. The van der Waals surface area contributed by atoms with Crippen LogP contribution in [0, 0.1) is 0 Å². The molecular formula is C12H16N2O2. The number of rotatable bonds is 2. The normalized spacial score (nSPS) is 21.4. The van der Waals surface area contributed by atoms with Crippen molar-refractivity contribution in [3.05, 3.63) is 17.7 Å². The standard InChI is InChI=1S/C12H16N2O2/c13-4-3-9-2-1-8-5-11-12(16-7-15-11)6-10(8)14-9/h5-6,9,14H,1-4,7,13H2. The predicted molar refractivity (Wildman–Crippen MR) is 62.0 cm³/mol. The molecule has 3 N–H and O–H groups in total. The van der Waals surface area contributed by atoms with Gasteiger partial charge in [0.15, 0.2) is 11.5 Å². The van der Waals surface area contributed by atoms with Gasteiger partial charge in [-0.15, -0.1) is 0 Å². The van der Waals surface area contributed by atoms with Gasteiger partial charge in [-0.2, -0.15) is 0 Å². The second-order valence-electron chi connectivity index (χ2n) is 4.32. The lowest BCUT2D eigenvalue weighted by Crippen LogP contribution is -2.27. The van der Waals surface area contributed by atoms with E-state index >= 15 is 0 Å². The van der Waals surface area contributed by atoms with Crippen molar-refractivity contribution < 1.29 is 9.47 Å². The average Bonchev–Trinajstić information content (AvgIpc) is 2.73. The first-order valence-corrected chi connectivity index (χ1v) is 5.76. The van der Waals surface area contributed by atoms with E-state index in [1.807, 2.05) is 6.07 Å². The zero-order chi connectivity index (χ0) is 11.0. The number of nitrogens with two attached hydrogens (primary N) is 1. The van der Waals surface area contributed by atoms with Gasteiger partial charge in [0.2, 0.25) is 6.79 Å². The highest BCUT2D eigenvalue weighted by Gasteiger charge is 2.22. The Bertz CT molecular complexity index is 406. The van der Waals surface area contributed by atoms with Crippen LogP contribution in [0.1, 0.15) is 18.4 Å². The van der Waals surface area contributed by atoms with Crippen molar-refractivity contribution in [3.63, 3.8) is 0 Å².